The van der Waals surface area contributed by atoms with E-state index in [9.17, 15) is 0 Å². The van der Waals surface area contributed by atoms with Crippen LogP contribution in [0.5, 0.6) is 0 Å². The fraction of sp³-hybridized carbons (Fsp3) is 1.00. The number of nitrogens with one attached hydrogen (secondary N) is 1. The summed E-state index contributed by atoms with van der Waals surface area (Å²) < 4.78 is 0. The van der Waals surface area contributed by atoms with Gasteiger partial charge in [-0.05, 0) is 37.3 Å². The van der Waals surface area contributed by atoms with Crippen LogP contribution in [0.3, 0.4) is 0 Å². The van der Waals surface area contributed by atoms with E-state index in [1.807, 2.05) is 0 Å². The van der Waals surface area contributed by atoms with Gasteiger partial charge in [-0.1, -0.05) is 46.5 Å². The molecular weight excluding hydrogens is 170 g/mol. The fourth-order valence-corrected chi connectivity index (χ4v) is 2.81. The van der Waals surface area contributed by atoms with Gasteiger partial charge < -0.3 is 5.32 Å². The Kier molecular flexibility index (Phi) is 5.54. The Morgan fingerprint density at radius 3 is 2.36 bits per heavy atom. The monoisotopic (exact) mass is 197 g/mol. The number of rotatable bonds is 6. The Hall–Kier alpha value is -0.0400. The molecule has 0 aromatic rings. The first-order valence-electron chi connectivity index (χ1n) is 6.44. The largest absolute Gasteiger partial charge is 0.317 e. The van der Waals surface area contributed by atoms with Crippen LogP contribution >= 0.6 is 0 Å². The lowest BCUT2D eigenvalue weighted by Gasteiger charge is -2.25. The summed E-state index contributed by atoms with van der Waals surface area (Å²) in [7, 11) is 0. The van der Waals surface area contributed by atoms with Crippen molar-refractivity contribution in [2.24, 2.45) is 17.8 Å². The first-order chi connectivity index (χ1) is 6.74. The molecule has 0 saturated heterocycles. The van der Waals surface area contributed by atoms with E-state index in [0.29, 0.717) is 0 Å². The van der Waals surface area contributed by atoms with Crippen LogP contribution in [-0.4, -0.2) is 13.1 Å². The van der Waals surface area contributed by atoms with Gasteiger partial charge in [0, 0.05) is 0 Å². The van der Waals surface area contributed by atoms with Crippen molar-refractivity contribution in [2.45, 2.75) is 52.9 Å². The summed E-state index contributed by atoms with van der Waals surface area (Å²) in [5.41, 5.74) is 0. The second-order valence-electron chi connectivity index (χ2n) is 5.24. The van der Waals surface area contributed by atoms with Gasteiger partial charge in [0.1, 0.15) is 0 Å². The molecule has 1 heteroatoms. The predicted molar refractivity (Wildman–Crippen MR) is 63.4 cm³/mol. The van der Waals surface area contributed by atoms with E-state index in [1.54, 1.807) is 0 Å². The molecule has 84 valence electrons. The van der Waals surface area contributed by atoms with E-state index in [4.69, 9.17) is 0 Å². The maximum atomic E-state index is 3.53. The molecule has 0 aromatic carbocycles. The fourth-order valence-electron chi connectivity index (χ4n) is 2.81. The molecule has 1 saturated carbocycles. The molecular formula is C13H27N. The average Bonchev–Trinajstić information content (AvgIpc) is 2.64. The van der Waals surface area contributed by atoms with E-state index in [2.05, 4.69) is 26.1 Å². The van der Waals surface area contributed by atoms with Crippen molar-refractivity contribution in [3.63, 3.8) is 0 Å². The van der Waals surface area contributed by atoms with Gasteiger partial charge in [-0.3, -0.25) is 0 Å². The highest BCUT2D eigenvalue weighted by Crippen LogP contribution is 2.34. The molecule has 0 aliphatic heterocycles. The Morgan fingerprint density at radius 2 is 1.86 bits per heavy atom. The van der Waals surface area contributed by atoms with Crippen LogP contribution in [0, 0.1) is 17.8 Å². The molecule has 1 rings (SSSR count). The van der Waals surface area contributed by atoms with Crippen molar-refractivity contribution in [1.29, 1.82) is 0 Å². The maximum absolute atomic E-state index is 3.53. The number of hydrogen-bond acceptors (Lipinski definition) is 1. The summed E-state index contributed by atoms with van der Waals surface area (Å²) in [5.74, 6) is 2.83. The van der Waals surface area contributed by atoms with Gasteiger partial charge in [0.05, 0.1) is 0 Å². The second-order valence-corrected chi connectivity index (χ2v) is 5.24. The number of hydrogen-bond donors (Lipinski definition) is 1. The van der Waals surface area contributed by atoms with Gasteiger partial charge in [-0.2, -0.15) is 0 Å². The second kappa shape index (κ2) is 6.44. The van der Waals surface area contributed by atoms with Crippen molar-refractivity contribution in [3.05, 3.63) is 0 Å². The van der Waals surface area contributed by atoms with E-state index in [0.717, 1.165) is 24.3 Å². The zero-order valence-electron chi connectivity index (χ0n) is 10.2. The molecule has 1 nitrogen and oxygen atoms in total. The van der Waals surface area contributed by atoms with Crippen molar-refractivity contribution in [3.8, 4) is 0 Å². The third-order valence-corrected chi connectivity index (χ3v) is 3.50. The van der Waals surface area contributed by atoms with Gasteiger partial charge >= 0.3 is 0 Å². The highest BCUT2D eigenvalue weighted by molar-refractivity contribution is 4.77. The van der Waals surface area contributed by atoms with Crippen LogP contribution in [0.15, 0.2) is 0 Å². The molecule has 1 unspecified atom stereocenters. The lowest BCUT2D eigenvalue weighted by atomic mass is 9.84. The Morgan fingerprint density at radius 1 is 1.21 bits per heavy atom. The molecule has 1 fully saturated rings. The third-order valence-electron chi connectivity index (χ3n) is 3.50. The Bertz CT molecular complexity index is 136. The van der Waals surface area contributed by atoms with Crippen LogP contribution in [0.4, 0.5) is 0 Å². The first-order valence-corrected chi connectivity index (χ1v) is 6.44. The molecule has 0 heterocycles. The van der Waals surface area contributed by atoms with E-state index < -0.39 is 0 Å². The van der Waals surface area contributed by atoms with Crippen LogP contribution in [0.2, 0.25) is 0 Å². The lowest BCUT2D eigenvalue weighted by molar-refractivity contribution is 0.276. The molecule has 0 aromatic heterocycles. The molecule has 14 heavy (non-hydrogen) atoms. The van der Waals surface area contributed by atoms with Crippen molar-refractivity contribution in [1.82, 2.24) is 5.32 Å². The van der Waals surface area contributed by atoms with Crippen LogP contribution in [0.25, 0.3) is 0 Å². The minimum absolute atomic E-state index is 0.860. The smallest absolute Gasteiger partial charge is 0.00179 e. The zero-order chi connectivity index (χ0) is 10.4. The van der Waals surface area contributed by atoms with Crippen molar-refractivity contribution < 1.29 is 0 Å². The van der Waals surface area contributed by atoms with Gasteiger partial charge in [0.2, 0.25) is 0 Å². The molecule has 1 aliphatic rings. The van der Waals surface area contributed by atoms with E-state index >= 15 is 0 Å². The maximum Gasteiger partial charge on any atom is -0.00179 e. The summed E-state index contributed by atoms with van der Waals surface area (Å²) in [6, 6.07) is 0. The topological polar surface area (TPSA) is 12.0 Å². The highest BCUT2D eigenvalue weighted by atomic mass is 14.8. The van der Waals surface area contributed by atoms with Gasteiger partial charge in [0.15, 0.2) is 0 Å². The SMILES string of the molecule is CCNCC(CC(C)C)C1CCCC1. The van der Waals surface area contributed by atoms with Crippen molar-refractivity contribution >= 4 is 0 Å². The summed E-state index contributed by atoms with van der Waals surface area (Å²) in [5, 5.41) is 3.53. The molecule has 1 aliphatic carbocycles. The molecule has 0 amide bonds. The van der Waals surface area contributed by atoms with Crippen LogP contribution < -0.4 is 5.32 Å². The molecule has 1 N–H and O–H groups in total. The zero-order valence-corrected chi connectivity index (χ0v) is 10.2. The highest BCUT2D eigenvalue weighted by Gasteiger charge is 2.24. The minimum atomic E-state index is 0.860. The minimum Gasteiger partial charge on any atom is -0.317 e. The average molecular weight is 197 g/mol. The summed E-state index contributed by atoms with van der Waals surface area (Å²) >= 11 is 0. The standard InChI is InChI=1S/C13H27N/c1-4-14-10-13(9-11(2)3)12-7-5-6-8-12/h11-14H,4-10H2,1-3H3. The summed E-state index contributed by atoms with van der Waals surface area (Å²) in [6.45, 7) is 9.30. The molecule has 0 spiro atoms. The Labute approximate surface area is 89.7 Å². The predicted octanol–water partition coefficient (Wildman–Crippen LogP) is 3.45. The summed E-state index contributed by atoms with van der Waals surface area (Å²) in [6.07, 6.45) is 7.35. The normalized spacial score (nSPS) is 20.6. The van der Waals surface area contributed by atoms with Gasteiger partial charge in [0.25, 0.3) is 0 Å². The van der Waals surface area contributed by atoms with Gasteiger partial charge in [-0.15, -0.1) is 0 Å². The van der Waals surface area contributed by atoms with E-state index in [1.165, 1.54) is 38.6 Å². The third kappa shape index (κ3) is 4.00. The van der Waals surface area contributed by atoms with E-state index in [-0.39, 0.29) is 0 Å². The summed E-state index contributed by atoms with van der Waals surface area (Å²) in [4.78, 5) is 0. The van der Waals surface area contributed by atoms with Gasteiger partial charge in [-0.25, -0.2) is 0 Å². The van der Waals surface area contributed by atoms with Crippen LogP contribution in [-0.2, 0) is 0 Å². The molecule has 0 bridgehead atoms. The van der Waals surface area contributed by atoms with Crippen molar-refractivity contribution in [2.75, 3.05) is 13.1 Å². The lowest BCUT2D eigenvalue weighted by Crippen LogP contribution is -2.28. The molecule has 0 radical (unpaired) electrons. The first kappa shape index (κ1) is 12.0. The molecule has 1 atom stereocenters. The Balaban J connectivity index is 2.34. The van der Waals surface area contributed by atoms with Crippen LogP contribution in [0.1, 0.15) is 52.9 Å². The quantitative estimate of drug-likeness (QED) is 0.687.